The molecule has 1 saturated carbocycles. The van der Waals surface area contributed by atoms with E-state index < -0.39 is 0 Å². The fourth-order valence-electron chi connectivity index (χ4n) is 2.86. The summed E-state index contributed by atoms with van der Waals surface area (Å²) < 4.78 is 5.16. The number of nitrogens with one attached hydrogen (secondary N) is 1. The Morgan fingerprint density at radius 2 is 1.83 bits per heavy atom. The third-order valence-corrected chi connectivity index (χ3v) is 4.17. The summed E-state index contributed by atoms with van der Waals surface area (Å²) in [5.74, 6) is 2.61. The van der Waals surface area contributed by atoms with E-state index in [2.05, 4.69) is 24.4 Å². The molecule has 1 fully saturated rings. The zero-order valence-corrected chi connectivity index (χ0v) is 11.6. The predicted octanol–water partition coefficient (Wildman–Crippen LogP) is 4.32. The van der Waals surface area contributed by atoms with Crippen molar-refractivity contribution in [3.63, 3.8) is 0 Å². The lowest BCUT2D eigenvalue weighted by Gasteiger charge is -2.28. The second kappa shape index (κ2) is 6.67. The number of hydrogen-bond donors (Lipinski definition) is 1. The van der Waals surface area contributed by atoms with Crippen LogP contribution in [-0.4, -0.2) is 13.7 Å². The fourth-order valence-corrected chi connectivity index (χ4v) is 2.86. The monoisotopic (exact) mass is 247 g/mol. The molecule has 0 radical (unpaired) electrons. The van der Waals surface area contributed by atoms with E-state index in [1.54, 1.807) is 7.11 Å². The van der Waals surface area contributed by atoms with E-state index in [0.717, 1.165) is 24.1 Å². The Morgan fingerprint density at radius 1 is 1.17 bits per heavy atom. The Bertz CT molecular complexity index is 341. The van der Waals surface area contributed by atoms with Gasteiger partial charge in [-0.2, -0.15) is 0 Å². The minimum Gasteiger partial charge on any atom is -0.497 e. The molecule has 0 saturated heterocycles. The number of benzene rings is 1. The Morgan fingerprint density at radius 3 is 2.44 bits per heavy atom. The minimum absolute atomic E-state index is 0.771. The summed E-state index contributed by atoms with van der Waals surface area (Å²) in [6.45, 7) is 3.46. The minimum atomic E-state index is 0.771. The van der Waals surface area contributed by atoms with Crippen molar-refractivity contribution in [1.82, 2.24) is 0 Å². The Hall–Kier alpha value is -1.18. The molecule has 0 heterocycles. The molecule has 100 valence electrons. The van der Waals surface area contributed by atoms with Crippen LogP contribution in [0.2, 0.25) is 0 Å². The van der Waals surface area contributed by atoms with E-state index in [1.165, 1.54) is 37.8 Å². The molecule has 2 heteroatoms. The topological polar surface area (TPSA) is 21.3 Å². The predicted molar refractivity (Wildman–Crippen MR) is 77.2 cm³/mol. The van der Waals surface area contributed by atoms with Crippen LogP contribution in [0.25, 0.3) is 0 Å². The summed E-state index contributed by atoms with van der Waals surface area (Å²) in [6, 6.07) is 8.19. The lowest BCUT2D eigenvalue weighted by atomic mass is 9.81. The van der Waals surface area contributed by atoms with Gasteiger partial charge in [-0.1, -0.05) is 39.0 Å². The van der Waals surface area contributed by atoms with Crippen molar-refractivity contribution in [3.05, 3.63) is 24.3 Å². The number of anilines is 1. The van der Waals surface area contributed by atoms with Gasteiger partial charge in [-0.25, -0.2) is 0 Å². The van der Waals surface area contributed by atoms with Crippen molar-refractivity contribution in [2.75, 3.05) is 19.0 Å². The maximum atomic E-state index is 5.16. The van der Waals surface area contributed by atoms with Gasteiger partial charge in [0.25, 0.3) is 0 Å². The molecule has 1 aromatic rings. The van der Waals surface area contributed by atoms with Gasteiger partial charge in [0.15, 0.2) is 0 Å². The summed E-state index contributed by atoms with van der Waals surface area (Å²) in [5.41, 5.74) is 1.19. The van der Waals surface area contributed by atoms with Crippen molar-refractivity contribution in [1.29, 1.82) is 0 Å². The highest BCUT2D eigenvalue weighted by Crippen LogP contribution is 2.30. The summed E-state index contributed by atoms with van der Waals surface area (Å²) in [6.07, 6.45) is 7.14. The standard InChI is InChI=1S/C16H25NO/c1-13(14-6-4-3-5-7-14)12-17-15-8-10-16(18-2)11-9-15/h8-11,13-14,17H,3-7,12H2,1-2H3/t13-/m1/s1. The van der Waals surface area contributed by atoms with E-state index in [4.69, 9.17) is 4.74 Å². The van der Waals surface area contributed by atoms with Gasteiger partial charge in [-0.3, -0.25) is 0 Å². The zero-order chi connectivity index (χ0) is 12.8. The van der Waals surface area contributed by atoms with Gasteiger partial charge in [-0.05, 0) is 36.1 Å². The Kier molecular flexibility index (Phi) is 4.91. The van der Waals surface area contributed by atoms with Crippen LogP contribution in [0, 0.1) is 11.8 Å². The molecule has 1 aromatic carbocycles. The van der Waals surface area contributed by atoms with Crippen LogP contribution in [-0.2, 0) is 0 Å². The summed E-state index contributed by atoms with van der Waals surface area (Å²) in [5, 5.41) is 3.54. The normalized spacial score (nSPS) is 18.3. The van der Waals surface area contributed by atoms with Crippen LogP contribution in [0.1, 0.15) is 39.0 Å². The number of ether oxygens (including phenoxy) is 1. The third kappa shape index (κ3) is 3.66. The number of methoxy groups -OCH3 is 1. The molecular formula is C16H25NO. The second-order valence-electron chi connectivity index (χ2n) is 5.48. The molecule has 0 aromatic heterocycles. The van der Waals surface area contributed by atoms with Crippen molar-refractivity contribution in [2.24, 2.45) is 11.8 Å². The molecule has 1 atom stereocenters. The first-order valence-electron chi connectivity index (χ1n) is 7.17. The molecule has 0 spiro atoms. The molecule has 2 nitrogen and oxygen atoms in total. The summed E-state index contributed by atoms with van der Waals surface area (Å²) in [4.78, 5) is 0. The van der Waals surface area contributed by atoms with Crippen LogP contribution in [0.5, 0.6) is 5.75 Å². The van der Waals surface area contributed by atoms with Gasteiger partial charge in [0, 0.05) is 12.2 Å². The highest BCUT2D eigenvalue weighted by Gasteiger charge is 2.19. The average molecular weight is 247 g/mol. The second-order valence-corrected chi connectivity index (χ2v) is 5.48. The van der Waals surface area contributed by atoms with Crippen LogP contribution < -0.4 is 10.1 Å². The maximum Gasteiger partial charge on any atom is 0.119 e. The van der Waals surface area contributed by atoms with Gasteiger partial charge >= 0.3 is 0 Å². The third-order valence-electron chi connectivity index (χ3n) is 4.17. The van der Waals surface area contributed by atoms with Crippen LogP contribution in [0.4, 0.5) is 5.69 Å². The van der Waals surface area contributed by atoms with Crippen LogP contribution in [0.3, 0.4) is 0 Å². The maximum absolute atomic E-state index is 5.16. The Balaban J connectivity index is 1.78. The Labute approximate surface area is 111 Å². The first-order valence-corrected chi connectivity index (χ1v) is 7.17. The van der Waals surface area contributed by atoms with E-state index >= 15 is 0 Å². The lowest BCUT2D eigenvalue weighted by Crippen LogP contribution is -2.22. The molecule has 1 N–H and O–H groups in total. The van der Waals surface area contributed by atoms with Crippen LogP contribution >= 0.6 is 0 Å². The molecule has 0 aliphatic heterocycles. The van der Waals surface area contributed by atoms with Gasteiger partial charge in [-0.15, -0.1) is 0 Å². The van der Waals surface area contributed by atoms with Crippen LogP contribution in [0.15, 0.2) is 24.3 Å². The van der Waals surface area contributed by atoms with E-state index in [9.17, 15) is 0 Å². The van der Waals surface area contributed by atoms with E-state index in [-0.39, 0.29) is 0 Å². The van der Waals surface area contributed by atoms with Gasteiger partial charge in [0.2, 0.25) is 0 Å². The highest BCUT2D eigenvalue weighted by molar-refractivity contribution is 5.46. The number of hydrogen-bond acceptors (Lipinski definition) is 2. The molecule has 2 rings (SSSR count). The van der Waals surface area contributed by atoms with Gasteiger partial charge in [0.1, 0.15) is 5.75 Å². The lowest BCUT2D eigenvalue weighted by molar-refractivity contribution is 0.273. The van der Waals surface area contributed by atoms with Crippen molar-refractivity contribution >= 4 is 5.69 Å². The fraction of sp³-hybridized carbons (Fsp3) is 0.625. The van der Waals surface area contributed by atoms with Crippen molar-refractivity contribution < 1.29 is 4.74 Å². The quantitative estimate of drug-likeness (QED) is 0.836. The van der Waals surface area contributed by atoms with Crippen molar-refractivity contribution in [2.45, 2.75) is 39.0 Å². The molecule has 0 bridgehead atoms. The van der Waals surface area contributed by atoms with Gasteiger partial charge < -0.3 is 10.1 Å². The van der Waals surface area contributed by atoms with Gasteiger partial charge in [0.05, 0.1) is 7.11 Å². The first-order chi connectivity index (χ1) is 8.79. The summed E-state index contributed by atoms with van der Waals surface area (Å²) >= 11 is 0. The molecule has 0 unspecified atom stereocenters. The molecule has 0 amide bonds. The SMILES string of the molecule is COc1ccc(NC[C@@H](C)C2CCCCC2)cc1. The number of rotatable bonds is 5. The highest BCUT2D eigenvalue weighted by atomic mass is 16.5. The van der Waals surface area contributed by atoms with E-state index in [1.807, 2.05) is 12.1 Å². The molecule has 1 aliphatic carbocycles. The summed E-state index contributed by atoms with van der Waals surface area (Å²) in [7, 11) is 1.70. The van der Waals surface area contributed by atoms with Crippen molar-refractivity contribution in [3.8, 4) is 5.75 Å². The molecule has 1 aliphatic rings. The average Bonchev–Trinajstić information content (AvgIpc) is 2.46. The molecule has 18 heavy (non-hydrogen) atoms. The molecular weight excluding hydrogens is 222 g/mol. The zero-order valence-electron chi connectivity index (χ0n) is 11.6. The smallest absolute Gasteiger partial charge is 0.119 e. The van der Waals surface area contributed by atoms with E-state index in [0.29, 0.717) is 0 Å². The largest absolute Gasteiger partial charge is 0.497 e. The first kappa shape index (κ1) is 13.3.